The molecule has 1 aromatic heterocycles. The van der Waals surface area contributed by atoms with E-state index in [9.17, 15) is 4.79 Å². The molecule has 0 N–H and O–H groups in total. The zero-order valence-electron chi connectivity index (χ0n) is 12.0. The average Bonchev–Trinajstić information content (AvgIpc) is 2.80. The fourth-order valence-electron chi connectivity index (χ4n) is 2.46. The summed E-state index contributed by atoms with van der Waals surface area (Å²) in [6.45, 7) is 7.79. The first-order valence-electron chi connectivity index (χ1n) is 6.67. The van der Waals surface area contributed by atoms with Crippen LogP contribution >= 0.6 is 0 Å². The summed E-state index contributed by atoms with van der Waals surface area (Å²) in [5.41, 5.74) is 1.03. The molecule has 5 nitrogen and oxygen atoms in total. The number of aromatic nitrogens is 2. The molecule has 1 aromatic rings. The monoisotopic (exact) mass is 263 g/mol. The van der Waals surface area contributed by atoms with Crippen molar-refractivity contribution in [2.24, 2.45) is 11.8 Å². The van der Waals surface area contributed by atoms with Gasteiger partial charge in [-0.2, -0.15) is 0 Å². The van der Waals surface area contributed by atoms with Crippen LogP contribution in [0, 0.1) is 11.8 Å². The van der Waals surface area contributed by atoms with Crippen LogP contribution in [0.4, 0.5) is 5.82 Å². The Hall–Kier alpha value is -1.65. The molecule has 2 unspecified atom stereocenters. The number of carbonyl (C=O) groups is 1. The Morgan fingerprint density at radius 3 is 2.79 bits per heavy atom. The standard InChI is InChI=1S/C14H21N3O2/c1-9(2)12-5-13(16-8-15-12)17-6-10(3)11(7-17)14(18)19-4/h5,8-11H,6-7H2,1-4H3. The lowest BCUT2D eigenvalue weighted by molar-refractivity contribution is -0.145. The number of ether oxygens (including phenoxy) is 1. The lowest BCUT2D eigenvalue weighted by Gasteiger charge is -2.18. The number of hydrogen-bond donors (Lipinski definition) is 0. The number of hydrogen-bond acceptors (Lipinski definition) is 5. The van der Waals surface area contributed by atoms with Crippen LogP contribution < -0.4 is 4.90 Å². The van der Waals surface area contributed by atoms with Crippen molar-refractivity contribution >= 4 is 11.8 Å². The van der Waals surface area contributed by atoms with E-state index in [0.29, 0.717) is 12.5 Å². The van der Waals surface area contributed by atoms with E-state index < -0.39 is 0 Å². The number of rotatable bonds is 3. The van der Waals surface area contributed by atoms with E-state index in [4.69, 9.17) is 4.74 Å². The van der Waals surface area contributed by atoms with Crippen molar-refractivity contribution in [3.63, 3.8) is 0 Å². The zero-order valence-corrected chi connectivity index (χ0v) is 12.0. The van der Waals surface area contributed by atoms with E-state index in [1.165, 1.54) is 7.11 Å². The second-order valence-corrected chi connectivity index (χ2v) is 5.47. The largest absolute Gasteiger partial charge is 0.469 e. The minimum atomic E-state index is -0.131. The van der Waals surface area contributed by atoms with Crippen LogP contribution in [-0.2, 0) is 9.53 Å². The Morgan fingerprint density at radius 2 is 2.16 bits per heavy atom. The number of esters is 1. The van der Waals surface area contributed by atoms with Gasteiger partial charge in [0.2, 0.25) is 0 Å². The van der Waals surface area contributed by atoms with Gasteiger partial charge >= 0.3 is 5.97 Å². The van der Waals surface area contributed by atoms with Crippen molar-refractivity contribution in [3.8, 4) is 0 Å². The fraction of sp³-hybridized carbons (Fsp3) is 0.643. The Bertz CT molecular complexity index is 462. The second kappa shape index (κ2) is 5.55. The van der Waals surface area contributed by atoms with Gasteiger partial charge in [0.25, 0.3) is 0 Å². The summed E-state index contributed by atoms with van der Waals surface area (Å²) in [6.07, 6.45) is 1.60. The van der Waals surface area contributed by atoms with Gasteiger partial charge in [-0.25, -0.2) is 9.97 Å². The fourth-order valence-corrected chi connectivity index (χ4v) is 2.46. The molecule has 2 heterocycles. The Balaban J connectivity index is 2.16. The van der Waals surface area contributed by atoms with Crippen LogP contribution in [0.3, 0.4) is 0 Å². The molecule has 0 saturated carbocycles. The molecule has 1 aliphatic rings. The van der Waals surface area contributed by atoms with Crippen molar-refractivity contribution in [1.82, 2.24) is 9.97 Å². The van der Waals surface area contributed by atoms with Gasteiger partial charge in [0.1, 0.15) is 12.1 Å². The van der Waals surface area contributed by atoms with Gasteiger partial charge in [0.05, 0.1) is 13.0 Å². The average molecular weight is 263 g/mol. The summed E-state index contributed by atoms with van der Waals surface area (Å²) < 4.78 is 4.85. The van der Waals surface area contributed by atoms with E-state index in [1.807, 2.05) is 6.07 Å². The number of nitrogens with zero attached hydrogens (tertiary/aromatic N) is 3. The molecule has 0 spiro atoms. The third kappa shape index (κ3) is 2.85. The molecule has 2 rings (SSSR count). The van der Waals surface area contributed by atoms with E-state index in [1.54, 1.807) is 6.33 Å². The van der Waals surface area contributed by atoms with Crippen molar-refractivity contribution in [1.29, 1.82) is 0 Å². The molecule has 0 bridgehead atoms. The molecule has 5 heteroatoms. The molecule has 0 aliphatic carbocycles. The number of anilines is 1. The van der Waals surface area contributed by atoms with E-state index in [-0.39, 0.29) is 17.8 Å². The maximum Gasteiger partial charge on any atom is 0.310 e. The smallest absolute Gasteiger partial charge is 0.310 e. The molecular weight excluding hydrogens is 242 g/mol. The van der Waals surface area contributed by atoms with Crippen LogP contribution in [0.5, 0.6) is 0 Å². The lowest BCUT2D eigenvalue weighted by atomic mass is 9.99. The lowest BCUT2D eigenvalue weighted by Crippen LogP contribution is -2.25. The molecule has 19 heavy (non-hydrogen) atoms. The normalized spacial score (nSPS) is 22.9. The molecule has 0 radical (unpaired) electrons. The first-order valence-corrected chi connectivity index (χ1v) is 6.67. The summed E-state index contributed by atoms with van der Waals surface area (Å²) >= 11 is 0. The van der Waals surface area contributed by atoms with Gasteiger partial charge in [0.15, 0.2) is 0 Å². The van der Waals surface area contributed by atoms with Crippen molar-refractivity contribution in [3.05, 3.63) is 18.1 Å². The minimum Gasteiger partial charge on any atom is -0.469 e. The summed E-state index contributed by atoms with van der Waals surface area (Å²) in [4.78, 5) is 22.4. The third-order valence-electron chi connectivity index (χ3n) is 3.71. The first-order chi connectivity index (χ1) is 9.02. The van der Waals surface area contributed by atoms with Crippen LogP contribution in [0.25, 0.3) is 0 Å². The van der Waals surface area contributed by atoms with Crippen molar-refractivity contribution in [2.45, 2.75) is 26.7 Å². The van der Waals surface area contributed by atoms with Gasteiger partial charge < -0.3 is 9.64 Å². The van der Waals surface area contributed by atoms with E-state index in [2.05, 4.69) is 35.6 Å². The molecular formula is C14H21N3O2. The molecule has 1 saturated heterocycles. The molecule has 1 aliphatic heterocycles. The molecule has 0 amide bonds. The molecule has 2 atom stereocenters. The van der Waals surface area contributed by atoms with Crippen LogP contribution in [-0.4, -0.2) is 36.1 Å². The summed E-state index contributed by atoms with van der Waals surface area (Å²) in [5, 5.41) is 0. The molecule has 1 fully saturated rings. The SMILES string of the molecule is COC(=O)C1CN(c2cc(C(C)C)ncn2)CC1C. The minimum absolute atomic E-state index is 0.0672. The summed E-state index contributed by atoms with van der Waals surface area (Å²) in [7, 11) is 1.44. The van der Waals surface area contributed by atoms with Gasteiger partial charge in [0, 0.05) is 24.8 Å². The predicted octanol–water partition coefficient (Wildman–Crippen LogP) is 1.85. The van der Waals surface area contributed by atoms with Gasteiger partial charge in [-0.05, 0) is 11.8 Å². The Labute approximate surface area is 114 Å². The quantitative estimate of drug-likeness (QED) is 0.779. The first kappa shape index (κ1) is 13.8. The van der Waals surface area contributed by atoms with Crippen molar-refractivity contribution < 1.29 is 9.53 Å². The highest BCUT2D eigenvalue weighted by molar-refractivity contribution is 5.74. The van der Waals surface area contributed by atoms with Crippen LogP contribution in [0.1, 0.15) is 32.4 Å². The highest BCUT2D eigenvalue weighted by atomic mass is 16.5. The highest BCUT2D eigenvalue weighted by Gasteiger charge is 2.36. The van der Waals surface area contributed by atoms with E-state index >= 15 is 0 Å². The van der Waals surface area contributed by atoms with Gasteiger partial charge in [-0.1, -0.05) is 20.8 Å². The highest BCUT2D eigenvalue weighted by Crippen LogP contribution is 2.28. The Morgan fingerprint density at radius 1 is 1.42 bits per heavy atom. The Kier molecular flexibility index (Phi) is 4.02. The maximum atomic E-state index is 11.7. The number of methoxy groups -OCH3 is 1. The number of carbonyl (C=O) groups excluding carboxylic acids is 1. The predicted molar refractivity (Wildman–Crippen MR) is 73.0 cm³/mol. The molecule has 104 valence electrons. The topological polar surface area (TPSA) is 55.3 Å². The second-order valence-electron chi connectivity index (χ2n) is 5.47. The summed E-state index contributed by atoms with van der Waals surface area (Å²) in [5.74, 6) is 1.36. The zero-order chi connectivity index (χ0) is 14.0. The summed E-state index contributed by atoms with van der Waals surface area (Å²) in [6, 6.07) is 2.01. The van der Waals surface area contributed by atoms with Crippen LogP contribution in [0.15, 0.2) is 12.4 Å². The van der Waals surface area contributed by atoms with Crippen LogP contribution in [0.2, 0.25) is 0 Å². The molecule has 0 aromatic carbocycles. The van der Waals surface area contributed by atoms with Crippen molar-refractivity contribution in [2.75, 3.05) is 25.1 Å². The maximum absolute atomic E-state index is 11.7. The van der Waals surface area contributed by atoms with E-state index in [0.717, 1.165) is 18.1 Å². The third-order valence-corrected chi connectivity index (χ3v) is 3.71. The van der Waals surface area contributed by atoms with Gasteiger partial charge in [-0.3, -0.25) is 4.79 Å². The van der Waals surface area contributed by atoms with Gasteiger partial charge in [-0.15, -0.1) is 0 Å².